The fourth-order valence-electron chi connectivity index (χ4n) is 3.96. The molecule has 0 saturated carbocycles. The second-order valence-corrected chi connectivity index (χ2v) is 6.51. The van der Waals surface area contributed by atoms with E-state index in [4.69, 9.17) is 18.9 Å². The van der Waals surface area contributed by atoms with E-state index < -0.39 is 6.23 Å². The molecule has 4 rings (SSSR count). The Balaban J connectivity index is 1.91. The molecule has 0 spiro atoms. The standard InChI is InChI=1S/C21H23NO5/c1-24-16-6-5-13-9-15-14-11-18(26-3)17(25-2)10-12(14)7-8-22(15)21(23)19(13)20(16)27-4/h5-6,9-11,21,23H,7-8H2,1-4H3. The fraction of sp³-hybridized carbons (Fsp3) is 0.333. The van der Waals surface area contributed by atoms with Gasteiger partial charge in [0.05, 0.1) is 34.0 Å². The topological polar surface area (TPSA) is 60.4 Å². The Morgan fingerprint density at radius 3 is 2.30 bits per heavy atom. The highest BCUT2D eigenvalue weighted by molar-refractivity contribution is 5.87. The molecule has 2 aliphatic rings. The van der Waals surface area contributed by atoms with Gasteiger partial charge in [0.2, 0.25) is 0 Å². The average molecular weight is 369 g/mol. The van der Waals surface area contributed by atoms with Crippen LogP contribution < -0.4 is 18.9 Å². The second-order valence-electron chi connectivity index (χ2n) is 6.51. The predicted molar refractivity (Wildman–Crippen MR) is 102 cm³/mol. The monoisotopic (exact) mass is 369 g/mol. The van der Waals surface area contributed by atoms with Crippen LogP contribution in [-0.2, 0) is 6.42 Å². The van der Waals surface area contributed by atoms with Gasteiger partial charge in [0.25, 0.3) is 0 Å². The van der Waals surface area contributed by atoms with Crippen LogP contribution in [0.1, 0.15) is 28.5 Å². The maximum atomic E-state index is 11.1. The van der Waals surface area contributed by atoms with Crippen molar-refractivity contribution in [2.75, 3.05) is 35.0 Å². The summed E-state index contributed by atoms with van der Waals surface area (Å²) in [4.78, 5) is 1.98. The van der Waals surface area contributed by atoms with Gasteiger partial charge in [-0.2, -0.15) is 0 Å². The van der Waals surface area contributed by atoms with Crippen molar-refractivity contribution in [3.8, 4) is 23.0 Å². The normalized spacial score (nSPS) is 17.3. The highest BCUT2D eigenvalue weighted by atomic mass is 16.5. The number of aliphatic hydroxyl groups excluding tert-OH is 1. The van der Waals surface area contributed by atoms with E-state index in [-0.39, 0.29) is 0 Å². The van der Waals surface area contributed by atoms with Crippen molar-refractivity contribution in [3.63, 3.8) is 0 Å². The maximum absolute atomic E-state index is 11.1. The lowest BCUT2D eigenvalue weighted by Crippen LogP contribution is -2.35. The van der Waals surface area contributed by atoms with Gasteiger partial charge in [-0.15, -0.1) is 0 Å². The van der Waals surface area contributed by atoms with Gasteiger partial charge in [0, 0.05) is 17.8 Å². The van der Waals surface area contributed by atoms with Crippen molar-refractivity contribution in [3.05, 3.63) is 46.5 Å². The van der Waals surface area contributed by atoms with Crippen LogP contribution in [0.25, 0.3) is 11.8 Å². The Kier molecular flexibility index (Phi) is 4.36. The Morgan fingerprint density at radius 1 is 0.926 bits per heavy atom. The predicted octanol–water partition coefficient (Wildman–Crippen LogP) is 3.08. The Labute approximate surface area is 158 Å². The molecule has 2 aromatic rings. The largest absolute Gasteiger partial charge is 0.493 e. The number of benzene rings is 2. The second kappa shape index (κ2) is 6.70. The van der Waals surface area contributed by atoms with Crippen LogP contribution in [0, 0.1) is 0 Å². The zero-order valence-corrected chi connectivity index (χ0v) is 15.9. The number of hydrogen-bond acceptors (Lipinski definition) is 6. The molecule has 1 atom stereocenters. The van der Waals surface area contributed by atoms with Crippen LogP contribution in [0.15, 0.2) is 24.3 Å². The first-order chi connectivity index (χ1) is 13.1. The molecule has 1 N–H and O–H groups in total. The first-order valence-corrected chi connectivity index (χ1v) is 8.79. The molecule has 0 aromatic heterocycles. The van der Waals surface area contributed by atoms with Gasteiger partial charge in [0.15, 0.2) is 29.2 Å². The van der Waals surface area contributed by atoms with Crippen LogP contribution in [0.5, 0.6) is 23.0 Å². The minimum atomic E-state index is -0.814. The molecule has 0 aliphatic carbocycles. The van der Waals surface area contributed by atoms with Crippen LogP contribution in [0.3, 0.4) is 0 Å². The average Bonchev–Trinajstić information content (AvgIpc) is 2.71. The van der Waals surface area contributed by atoms with E-state index >= 15 is 0 Å². The molecule has 6 nitrogen and oxygen atoms in total. The lowest BCUT2D eigenvalue weighted by atomic mass is 9.89. The molecule has 1 unspecified atom stereocenters. The molecule has 0 amide bonds. The minimum Gasteiger partial charge on any atom is -0.493 e. The molecule has 27 heavy (non-hydrogen) atoms. The van der Waals surface area contributed by atoms with E-state index in [1.807, 2.05) is 29.2 Å². The zero-order chi connectivity index (χ0) is 19.1. The smallest absolute Gasteiger partial charge is 0.169 e. The molecule has 2 aliphatic heterocycles. The summed E-state index contributed by atoms with van der Waals surface area (Å²) in [6, 6.07) is 7.79. The first kappa shape index (κ1) is 17.5. The summed E-state index contributed by atoms with van der Waals surface area (Å²) in [6.07, 6.45) is 2.06. The van der Waals surface area contributed by atoms with Gasteiger partial charge in [-0.05, 0) is 41.8 Å². The lowest BCUT2D eigenvalue weighted by Gasteiger charge is -2.41. The third-order valence-corrected chi connectivity index (χ3v) is 5.28. The summed E-state index contributed by atoms with van der Waals surface area (Å²) < 4.78 is 21.8. The van der Waals surface area contributed by atoms with Gasteiger partial charge in [0.1, 0.15) is 0 Å². The Morgan fingerprint density at radius 2 is 1.63 bits per heavy atom. The Hall–Kier alpha value is -2.86. The Bertz CT molecular complexity index is 921. The highest BCUT2D eigenvalue weighted by Gasteiger charge is 2.35. The molecular formula is C21H23NO5. The number of nitrogens with zero attached hydrogens (tertiary/aromatic N) is 1. The molecule has 0 radical (unpaired) electrons. The maximum Gasteiger partial charge on any atom is 0.169 e. The van der Waals surface area contributed by atoms with Crippen molar-refractivity contribution in [2.45, 2.75) is 12.6 Å². The summed E-state index contributed by atoms with van der Waals surface area (Å²) in [5.74, 6) is 2.56. The molecule has 0 bridgehead atoms. The number of ether oxygens (including phenoxy) is 4. The van der Waals surface area contributed by atoms with E-state index in [0.717, 1.165) is 28.8 Å². The van der Waals surface area contributed by atoms with Crippen molar-refractivity contribution in [2.24, 2.45) is 0 Å². The van der Waals surface area contributed by atoms with Crippen LogP contribution in [0.2, 0.25) is 0 Å². The van der Waals surface area contributed by atoms with Gasteiger partial charge in [-0.1, -0.05) is 6.07 Å². The highest BCUT2D eigenvalue weighted by Crippen LogP contribution is 2.48. The van der Waals surface area contributed by atoms with Crippen molar-refractivity contribution in [1.82, 2.24) is 4.90 Å². The van der Waals surface area contributed by atoms with Crippen LogP contribution in [-0.4, -0.2) is 45.0 Å². The third kappa shape index (κ3) is 2.59. The number of rotatable bonds is 4. The number of aliphatic hydroxyl groups is 1. The summed E-state index contributed by atoms with van der Waals surface area (Å²) in [7, 11) is 6.45. The SMILES string of the molecule is COc1cc2c(cc1OC)C1=Cc3ccc(OC)c(OC)c3C(O)N1CC2. The summed E-state index contributed by atoms with van der Waals surface area (Å²) in [5.41, 5.74) is 4.81. The molecule has 0 fully saturated rings. The van der Waals surface area contributed by atoms with Crippen molar-refractivity contribution >= 4 is 11.8 Å². The van der Waals surface area contributed by atoms with E-state index in [1.54, 1.807) is 28.4 Å². The number of fused-ring (bicyclic) bond motifs is 4. The number of methoxy groups -OCH3 is 4. The van der Waals surface area contributed by atoms with Gasteiger partial charge >= 0.3 is 0 Å². The fourth-order valence-corrected chi connectivity index (χ4v) is 3.96. The van der Waals surface area contributed by atoms with Crippen molar-refractivity contribution in [1.29, 1.82) is 0 Å². The lowest BCUT2D eigenvalue weighted by molar-refractivity contribution is 0.0394. The van der Waals surface area contributed by atoms with E-state index in [0.29, 0.717) is 29.5 Å². The van der Waals surface area contributed by atoms with E-state index in [1.165, 1.54) is 5.56 Å². The zero-order valence-electron chi connectivity index (χ0n) is 15.9. The minimum absolute atomic E-state index is 0.566. The summed E-state index contributed by atoms with van der Waals surface area (Å²) in [6.45, 7) is 0.690. The molecule has 0 saturated heterocycles. The number of hydrogen-bond donors (Lipinski definition) is 1. The third-order valence-electron chi connectivity index (χ3n) is 5.28. The van der Waals surface area contributed by atoms with E-state index in [2.05, 4.69) is 6.08 Å². The molecule has 6 heteroatoms. The van der Waals surface area contributed by atoms with Gasteiger partial charge in [-0.3, -0.25) is 0 Å². The molecular weight excluding hydrogens is 346 g/mol. The van der Waals surface area contributed by atoms with Crippen molar-refractivity contribution < 1.29 is 24.1 Å². The summed E-state index contributed by atoms with van der Waals surface area (Å²) in [5, 5.41) is 11.1. The van der Waals surface area contributed by atoms with Gasteiger partial charge < -0.3 is 29.0 Å². The first-order valence-electron chi connectivity index (χ1n) is 8.79. The van der Waals surface area contributed by atoms with Crippen LogP contribution in [0.4, 0.5) is 0 Å². The molecule has 2 heterocycles. The quantitative estimate of drug-likeness (QED) is 0.894. The van der Waals surface area contributed by atoms with Gasteiger partial charge in [-0.25, -0.2) is 0 Å². The van der Waals surface area contributed by atoms with E-state index in [9.17, 15) is 5.11 Å². The molecule has 2 aromatic carbocycles. The summed E-state index contributed by atoms with van der Waals surface area (Å²) >= 11 is 0. The van der Waals surface area contributed by atoms with Crippen LogP contribution >= 0.6 is 0 Å². The molecule has 142 valence electrons.